The predicted octanol–water partition coefficient (Wildman–Crippen LogP) is 5.03. The summed E-state index contributed by atoms with van der Waals surface area (Å²) in [6.45, 7) is 0. The van der Waals surface area contributed by atoms with Crippen LogP contribution in [0.1, 0.15) is 50.2 Å². The van der Waals surface area contributed by atoms with Crippen LogP contribution in [0.15, 0.2) is 27.2 Å². The molecule has 0 amide bonds. The van der Waals surface area contributed by atoms with Crippen LogP contribution in [0.25, 0.3) is 10.9 Å². The van der Waals surface area contributed by atoms with Crippen LogP contribution in [0.2, 0.25) is 0 Å². The Kier molecular flexibility index (Phi) is 3.19. The maximum absolute atomic E-state index is 5.59. The van der Waals surface area contributed by atoms with Crippen molar-refractivity contribution >= 4 is 26.8 Å². The number of benzene rings is 1. The summed E-state index contributed by atoms with van der Waals surface area (Å²) < 4.78 is 6.69. The maximum Gasteiger partial charge on any atom is 0.147 e. The van der Waals surface area contributed by atoms with Crippen LogP contribution in [-0.2, 0) is 0 Å². The molecular weight excluding hydrogens is 278 g/mol. The van der Waals surface area contributed by atoms with Crippen molar-refractivity contribution < 1.29 is 4.52 Å². The lowest BCUT2D eigenvalue weighted by atomic mass is 9.95. The van der Waals surface area contributed by atoms with Gasteiger partial charge >= 0.3 is 0 Å². The summed E-state index contributed by atoms with van der Waals surface area (Å²) >= 11 is 3.52. The molecule has 1 fully saturated rings. The van der Waals surface area contributed by atoms with E-state index >= 15 is 0 Å². The molecule has 0 unspecified atom stereocenters. The molecule has 1 aliphatic rings. The van der Waals surface area contributed by atoms with Gasteiger partial charge in [-0.15, -0.1) is 0 Å². The Morgan fingerprint density at radius 2 is 1.88 bits per heavy atom. The average Bonchev–Trinajstić information content (AvgIpc) is 2.58. The third-order valence-electron chi connectivity index (χ3n) is 3.69. The zero-order valence-corrected chi connectivity index (χ0v) is 11.4. The van der Waals surface area contributed by atoms with Gasteiger partial charge in [-0.2, -0.15) is 0 Å². The molecule has 0 bridgehead atoms. The second-order valence-electron chi connectivity index (χ2n) is 4.90. The Morgan fingerprint density at radius 1 is 1.12 bits per heavy atom. The quantitative estimate of drug-likeness (QED) is 0.689. The highest BCUT2D eigenvalue weighted by atomic mass is 79.9. The SMILES string of the molecule is Brc1ccc2noc(C3CCCCCC3)c2c1. The van der Waals surface area contributed by atoms with Crippen LogP contribution in [0.3, 0.4) is 0 Å². The van der Waals surface area contributed by atoms with Crippen LogP contribution in [0.5, 0.6) is 0 Å². The van der Waals surface area contributed by atoms with E-state index < -0.39 is 0 Å². The van der Waals surface area contributed by atoms with E-state index in [2.05, 4.69) is 27.2 Å². The molecular formula is C14H16BrNO. The normalized spacial score (nSPS) is 18.4. The van der Waals surface area contributed by atoms with Gasteiger partial charge in [0.25, 0.3) is 0 Å². The van der Waals surface area contributed by atoms with Crippen LogP contribution < -0.4 is 0 Å². The number of fused-ring (bicyclic) bond motifs is 1. The zero-order valence-electron chi connectivity index (χ0n) is 9.79. The van der Waals surface area contributed by atoms with Crippen LogP contribution in [-0.4, -0.2) is 5.16 Å². The van der Waals surface area contributed by atoms with Gasteiger partial charge in [0.05, 0.1) is 0 Å². The fraction of sp³-hybridized carbons (Fsp3) is 0.500. The van der Waals surface area contributed by atoms with Crippen molar-refractivity contribution in [2.75, 3.05) is 0 Å². The first-order valence-corrected chi connectivity index (χ1v) is 7.19. The second-order valence-corrected chi connectivity index (χ2v) is 5.81. The smallest absolute Gasteiger partial charge is 0.147 e. The van der Waals surface area contributed by atoms with Crippen LogP contribution in [0.4, 0.5) is 0 Å². The summed E-state index contributed by atoms with van der Waals surface area (Å²) in [6, 6.07) is 6.16. The summed E-state index contributed by atoms with van der Waals surface area (Å²) in [4.78, 5) is 0. The van der Waals surface area contributed by atoms with Gasteiger partial charge in [0.15, 0.2) is 0 Å². The first-order chi connectivity index (χ1) is 8.34. The summed E-state index contributed by atoms with van der Waals surface area (Å²) in [5.41, 5.74) is 0.979. The topological polar surface area (TPSA) is 26.0 Å². The minimum atomic E-state index is 0.566. The van der Waals surface area contributed by atoms with E-state index in [1.54, 1.807) is 0 Å². The van der Waals surface area contributed by atoms with Crippen molar-refractivity contribution in [3.05, 3.63) is 28.4 Å². The van der Waals surface area contributed by atoms with E-state index in [1.165, 1.54) is 43.9 Å². The largest absolute Gasteiger partial charge is 0.360 e. The highest BCUT2D eigenvalue weighted by Gasteiger charge is 2.21. The van der Waals surface area contributed by atoms with E-state index in [-0.39, 0.29) is 0 Å². The number of rotatable bonds is 1. The van der Waals surface area contributed by atoms with E-state index in [0.717, 1.165) is 15.7 Å². The average molecular weight is 294 g/mol. The molecule has 0 aliphatic heterocycles. The number of halogens is 1. The van der Waals surface area contributed by atoms with Gasteiger partial charge in [0.2, 0.25) is 0 Å². The first-order valence-electron chi connectivity index (χ1n) is 6.39. The van der Waals surface area contributed by atoms with Gasteiger partial charge in [0, 0.05) is 15.8 Å². The van der Waals surface area contributed by atoms with E-state index in [1.807, 2.05) is 12.1 Å². The Balaban J connectivity index is 2.00. The van der Waals surface area contributed by atoms with Gasteiger partial charge in [-0.05, 0) is 31.0 Å². The molecule has 0 radical (unpaired) electrons. The molecule has 90 valence electrons. The molecule has 2 nitrogen and oxygen atoms in total. The molecule has 0 spiro atoms. The Hall–Kier alpha value is -0.830. The van der Waals surface area contributed by atoms with Gasteiger partial charge in [-0.3, -0.25) is 0 Å². The van der Waals surface area contributed by atoms with Crippen LogP contribution >= 0.6 is 15.9 Å². The van der Waals surface area contributed by atoms with E-state index in [4.69, 9.17) is 4.52 Å². The van der Waals surface area contributed by atoms with Crippen molar-refractivity contribution in [1.29, 1.82) is 0 Å². The molecule has 3 rings (SSSR count). The molecule has 0 N–H and O–H groups in total. The van der Waals surface area contributed by atoms with Crippen molar-refractivity contribution in [1.82, 2.24) is 5.16 Å². The zero-order chi connectivity index (χ0) is 11.7. The number of aromatic nitrogens is 1. The maximum atomic E-state index is 5.59. The molecule has 17 heavy (non-hydrogen) atoms. The monoisotopic (exact) mass is 293 g/mol. The highest BCUT2D eigenvalue weighted by molar-refractivity contribution is 9.10. The molecule has 3 heteroatoms. The molecule has 1 saturated carbocycles. The summed E-state index contributed by atoms with van der Waals surface area (Å²) in [7, 11) is 0. The minimum Gasteiger partial charge on any atom is -0.360 e. The minimum absolute atomic E-state index is 0.566. The van der Waals surface area contributed by atoms with Crippen LogP contribution in [0, 0.1) is 0 Å². The van der Waals surface area contributed by atoms with Gasteiger partial charge in [0.1, 0.15) is 11.3 Å². The fourth-order valence-electron chi connectivity index (χ4n) is 2.77. The lowest BCUT2D eigenvalue weighted by molar-refractivity contribution is 0.354. The molecule has 1 heterocycles. The Bertz CT molecular complexity index is 512. The molecule has 0 atom stereocenters. The third-order valence-corrected chi connectivity index (χ3v) is 4.19. The second kappa shape index (κ2) is 4.81. The summed E-state index contributed by atoms with van der Waals surface area (Å²) in [6.07, 6.45) is 7.87. The van der Waals surface area contributed by atoms with E-state index in [0.29, 0.717) is 5.92 Å². The third kappa shape index (κ3) is 2.25. The summed E-state index contributed by atoms with van der Waals surface area (Å²) in [5.74, 6) is 1.67. The number of hydrogen-bond donors (Lipinski definition) is 0. The standard InChI is InChI=1S/C14H16BrNO/c15-11-7-8-13-12(9-11)14(17-16-13)10-5-3-1-2-4-6-10/h7-10H,1-6H2. The Morgan fingerprint density at radius 3 is 2.65 bits per heavy atom. The first kappa shape index (κ1) is 11.3. The molecule has 1 aromatic carbocycles. The predicted molar refractivity (Wildman–Crippen MR) is 72.2 cm³/mol. The molecule has 2 aromatic rings. The van der Waals surface area contributed by atoms with Crippen molar-refractivity contribution in [3.8, 4) is 0 Å². The van der Waals surface area contributed by atoms with Gasteiger partial charge in [-0.1, -0.05) is 46.8 Å². The van der Waals surface area contributed by atoms with Crippen molar-refractivity contribution in [3.63, 3.8) is 0 Å². The molecule has 1 aliphatic carbocycles. The highest BCUT2D eigenvalue weighted by Crippen LogP contribution is 2.36. The van der Waals surface area contributed by atoms with Crippen molar-refractivity contribution in [2.24, 2.45) is 0 Å². The van der Waals surface area contributed by atoms with E-state index in [9.17, 15) is 0 Å². The number of nitrogens with zero attached hydrogens (tertiary/aromatic N) is 1. The van der Waals surface area contributed by atoms with Gasteiger partial charge in [-0.25, -0.2) is 0 Å². The molecule has 0 saturated heterocycles. The lowest BCUT2D eigenvalue weighted by Crippen LogP contribution is -1.95. The fourth-order valence-corrected chi connectivity index (χ4v) is 3.13. The van der Waals surface area contributed by atoms with Crippen molar-refractivity contribution in [2.45, 2.75) is 44.4 Å². The van der Waals surface area contributed by atoms with Gasteiger partial charge < -0.3 is 4.52 Å². The number of hydrogen-bond acceptors (Lipinski definition) is 2. The lowest BCUT2D eigenvalue weighted by Gasteiger charge is -2.09. The Labute approximate surface area is 109 Å². The summed E-state index contributed by atoms with van der Waals surface area (Å²) in [5, 5.41) is 5.36. The molecule has 1 aromatic heterocycles.